The van der Waals surface area contributed by atoms with Crippen LogP contribution in [-0.4, -0.2) is 34.1 Å². The van der Waals surface area contributed by atoms with Crippen LogP contribution in [0.1, 0.15) is 29.3 Å². The van der Waals surface area contributed by atoms with Crippen molar-refractivity contribution in [1.29, 1.82) is 0 Å². The normalized spacial score (nSPS) is 11.2. The highest BCUT2D eigenvalue weighted by Crippen LogP contribution is 2.22. The highest BCUT2D eigenvalue weighted by molar-refractivity contribution is 7.92. The molecule has 1 amide bonds. The number of carbonyl (C=O) groups is 1. The van der Waals surface area contributed by atoms with Gasteiger partial charge in [0.2, 0.25) is 0 Å². The molecular formula is C19H23ClN2O4S. The molecule has 0 spiro atoms. The third-order valence-electron chi connectivity index (χ3n) is 3.81. The first-order chi connectivity index (χ1) is 12.8. The predicted molar refractivity (Wildman–Crippen MR) is 107 cm³/mol. The molecule has 146 valence electrons. The average Bonchev–Trinajstić information content (AvgIpc) is 2.63. The number of amides is 1. The fourth-order valence-corrected chi connectivity index (χ4v) is 3.62. The van der Waals surface area contributed by atoms with Crippen LogP contribution in [0.15, 0.2) is 47.4 Å². The van der Waals surface area contributed by atoms with Crippen molar-refractivity contribution in [3.8, 4) is 0 Å². The van der Waals surface area contributed by atoms with E-state index < -0.39 is 10.0 Å². The van der Waals surface area contributed by atoms with Gasteiger partial charge in [-0.25, -0.2) is 8.42 Å². The average molecular weight is 411 g/mol. The molecule has 0 radical (unpaired) electrons. The molecule has 0 saturated heterocycles. The Morgan fingerprint density at radius 1 is 1.15 bits per heavy atom. The van der Waals surface area contributed by atoms with Crippen LogP contribution in [0.2, 0.25) is 5.02 Å². The van der Waals surface area contributed by atoms with Crippen LogP contribution < -0.4 is 10.0 Å². The monoisotopic (exact) mass is 410 g/mol. The molecule has 0 heterocycles. The van der Waals surface area contributed by atoms with Crippen molar-refractivity contribution in [1.82, 2.24) is 5.32 Å². The molecule has 0 bridgehead atoms. The van der Waals surface area contributed by atoms with Crippen molar-refractivity contribution in [2.75, 3.05) is 24.5 Å². The van der Waals surface area contributed by atoms with E-state index in [-0.39, 0.29) is 10.8 Å². The van der Waals surface area contributed by atoms with Gasteiger partial charge in [0, 0.05) is 30.3 Å². The molecule has 0 atom stereocenters. The summed E-state index contributed by atoms with van der Waals surface area (Å²) in [5.74, 6) is -0.207. The van der Waals surface area contributed by atoms with Gasteiger partial charge in [0.1, 0.15) is 0 Å². The minimum atomic E-state index is -3.73. The van der Waals surface area contributed by atoms with Crippen molar-refractivity contribution >= 4 is 33.2 Å². The highest BCUT2D eigenvalue weighted by Gasteiger charge is 2.16. The van der Waals surface area contributed by atoms with E-state index in [4.69, 9.17) is 16.3 Å². The smallest absolute Gasteiger partial charge is 0.261 e. The molecule has 0 unspecified atom stereocenters. The Kier molecular flexibility index (Phi) is 7.65. The molecule has 0 aliphatic carbocycles. The second-order valence-corrected chi connectivity index (χ2v) is 8.01. The summed E-state index contributed by atoms with van der Waals surface area (Å²) in [6.45, 7) is 5.43. The lowest BCUT2D eigenvalue weighted by molar-refractivity contribution is 0.0944. The number of anilines is 1. The number of aryl methyl sites for hydroxylation is 1. The van der Waals surface area contributed by atoms with Gasteiger partial charge in [-0.15, -0.1) is 0 Å². The lowest BCUT2D eigenvalue weighted by atomic mass is 10.1. The maximum Gasteiger partial charge on any atom is 0.261 e. The van der Waals surface area contributed by atoms with Crippen LogP contribution >= 0.6 is 11.6 Å². The van der Waals surface area contributed by atoms with E-state index in [9.17, 15) is 13.2 Å². The fraction of sp³-hybridized carbons (Fsp3) is 0.316. The molecular weight excluding hydrogens is 388 g/mol. The van der Waals surface area contributed by atoms with E-state index in [1.165, 1.54) is 24.3 Å². The second kappa shape index (κ2) is 9.73. The Balaban J connectivity index is 2.03. The van der Waals surface area contributed by atoms with Crippen molar-refractivity contribution in [2.45, 2.75) is 25.2 Å². The number of carbonyl (C=O) groups excluding carboxylic acids is 1. The van der Waals surface area contributed by atoms with Crippen LogP contribution in [0, 0.1) is 6.92 Å². The molecule has 0 fully saturated rings. The number of hydrogen-bond donors (Lipinski definition) is 2. The lowest BCUT2D eigenvalue weighted by Crippen LogP contribution is -2.25. The van der Waals surface area contributed by atoms with Crippen LogP contribution in [-0.2, 0) is 14.8 Å². The molecule has 0 aliphatic heterocycles. The fourth-order valence-electron chi connectivity index (χ4n) is 2.36. The summed E-state index contributed by atoms with van der Waals surface area (Å²) >= 11 is 5.80. The Hall–Kier alpha value is -2.09. The van der Waals surface area contributed by atoms with Gasteiger partial charge in [-0.1, -0.05) is 11.6 Å². The molecule has 0 saturated carbocycles. The summed E-state index contributed by atoms with van der Waals surface area (Å²) in [7, 11) is -3.73. The summed E-state index contributed by atoms with van der Waals surface area (Å²) in [6, 6.07) is 10.7. The zero-order valence-corrected chi connectivity index (χ0v) is 16.9. The second-order valence-electron chi connectivity index (χ2n) is 5.90. The Bertz CT molecular complexity index is 883. The van der Waals surface area contributed by atoms with Crippen LogP contribution in [0.25, 0.3) is 0 Å². The number of ether oxygens (including phenoxy) is 1. The van der Waals surface area contributed by atoms with Gasteiger partial charge >= 0.3 is 0 Å². The Morgan fingerprint density at radius 3 is 2.48 bits per heavy atom. The first-order valence-corrected chi connectivity index (χ1v) is 10.4. The van der Waals surface area contributed by atoms with E-state index in [1.54, 1.807) is 25.1 Å². The molecule has 8 heteroatoms. The standard InChI is InChI=1S/C19H23ClN2O4S/c1-3-26-12-4-11-21-19(23)15-5-10-18(14(2)13-15)22-27(24,25)17-8-6-16(20)7-9-17/h5-10,13,22H,3-4,11-12H2,1-2H3,(H,21,23). The minimum Gasteiger partial charge on any atom is -0.382 e. The Labute approximate surface area is 164 Å². The number of benzene rings is 2. The molecule has 2 aromatic rings. The summed E-state index contributed by atoms with van der Waals surface area (Å²) in [6.07, 6.45) is 0.734. The van der Waals surface area contributed by atoms with Crippen LogP contribution in [0.5, 0.6) is 0 Å². The van der Waals surface area contributed by atoms with Gasteiger partial charge in [0.25, 0.3) is 15.9 Å². The van der Waals surface area contributed by atoms with E-state index in [0.29, 0.717) is 41.6 Å². The topological polar surface area (TPSA) is 84.5 Å². The molecule has 27 heavy (non-hydrogen) atoms. The summed E-state index contributed by atoms with van der Waals surface area (Å²) in [5, 5.41) is 3.27. The zero-order chi connectivity index (χ0) is 19.9. The van der Waals surface area contributed by atoms with Gasteiger partial charge < -0.3 is 10.1 Å². The van der Waals surface area contributed by atoms with E-state index in [1.807, 2.05) is 6.92 Å². The van der Waals surface area contributed by atoms with Gasteiger partial charge in [-0.2, -0.15) is 0 Å². The number of sulfonamides is 1. The van der Waals surface area contributed by atoms with E-state index >= 15 is 0 Å². The minimum absolute atomic E-state index is 0.113. The summed E-state index contributed by atoms with van der Waals surface area (Å²) < 4.78 is 32.7. The summed E-state index contributed by atoms with van der Waals surface area (Å²) in [5.41, 5.74) is 1.53. The highest BCUT2D eigenvalue weighted by atomic mass is 35.5. The van der Waals surface area contributed by atoms with Gasteiger partial charge in [0.05, 0.1) is 10.6 Å². The number of rotatable bonds is 9. The van der Waals surface area contributed by atoms with E-state index in [2.05, 4.69) is 10.0 Å². The van der Waals surface area contributed by atoms with Crippen molar-refractivity contribution < 1.29 is 17.9 Å². The maximum absolute atomic E-state index is 12.5. The van der Waals surface area contributed by atoms with E-state index in [0.717, 1.165) is 6.42 Å². The first-order valence-electron chi connectivity index (χ1n) is 8.58. The predicted octanol–water partition coefficient (Wildman–Crippen LogP) is 3.61. The van der Waals surface area contributed by atoms with Crippen LogP contribution in [0.4, 0.5) is 5.69 Å². The van der Waals surface area contributed by atoms with Crippen molar-refractivity contribution in [3.05, 3.63) is 58.6 Å². The number of nitrogens with one attached hydrogen (secondary N) is 2. The summed E-state index contributed by atoms with van der Waals surface area (Å²) in [4.78, 5) is 12.3. The quantitative estimate of drug-likeness (QED) is 0.618. The zero-order valence-electron chi connectivity index (χ0n) is 15.3. The van der Waals surface area contributed by atoms with Gasteiger partial charge in [0.15, 0.2) is 0 Å². The van der Waals surface area contributed by atoms with Crippen molar-refractivity contribution in [2.24, 2.45) is 0 Å². The van der Waals surface area contributed by atoms with Gasteiger partial charge in [-0.3, -0.25) is 9.52 Å². The third-order valence-corrected chi connectivity index (χ3v) is 5.45. The number of hydrogen-bond acceptors (Lipinski definition) is 4. The Morgan fingerprint density at radius 2 is 1.85 bits per heavy atom. The molecule has 2 N–H and O–H groups in total. The molecule has 2 rings (SSSR count). The maximum atomic E-state index is 12.5. The van der Waals surface area contributed by atoms with Crippen molar-refractivity contribution in [3.63, 3.8) is 0 Å². The third kappa shape index (κ3) is 6.23. The molecule has 6 nitrogen and oxygen atoms in total. The van der Waals surface area contributed by atoms with Crippen LogP contribution in [0.3, 0.4) is 0 Å². The molecule has 0 aromatic heterocycles. The molecule has 2 aromatic carbocycles. The van der Waals surface area contributed by atoms with Gasteiger partial charge in [-0.05, 0) is 68.3 Å². The number of halogens is 1. The largest absolute Gasteiger partial charge is 0.382 e. The first kappa shape index (κ1) is 21.2. The SMILES string of the molecule is CCOCCCNC(=O)c1ccc(NS(=O)(=O)c2ccc(Cl)cc2)c(C)c1. The molecule has 0 aliphatic rings. The lowest BCUT2D eigenvalue weighted by Gasteiger charge is -2.12.